The molecule has 0 aliphatic carbocycles. The third-order valence-electron chi connectivity index (χ3n) is 0. The fraction of sp³-hybridized carbons (Fsp3) is 0. The Labute approximate surface area is 43.9 Å². The molecule has 0 radical (unpaired) electrons. The topological polar surface area (TPSA) is 0 Å². The van der Waals surface area contributed by atoms with Crippen LogP contribution in [0.2, 0.25) is 0 Å². The van der Waals surface area contributed by atoms with Gasteiger partial charge in [-0.1, -0.05) is 0 Å². The Morgan fingerprint density at radius 3 is 1.75 bits per heavy atom. The summed E-state index contributed by atoms with van der Waals surface area (Å²) in [7, 11) is 0. The molecule has 0 aliphatic heterocycles. The van der Waals surface area contributed by atoms with Gasteiger partial charge in [0.05, 0.1) is 0 Å². The second kappa shape index (κ2) is 9.35. The van der Waals surface area contributed by atoms with Gasteiger partial charge in [0.1, 0.15) is 0 Å². The van der Waals surface area contributed by atoms with E-state index in [2.05, 4.69) is 19.2 Å². The van der Waals surface area contributed by atoms with Gasteiger partial charge in [0, 0.05) is 0 Å². The standard InChI is InChI=1S/C2H3S.Li/c1-2-3;/h1-3H;/q-1;+1. The van der Waals surface area contributed by atoms with Crippen molar-refractivity contribution >= 4 is 12.6 Å². The van der Waals surface area contributed by atoms with Crippen molar-refractivity contribution in [3.05, 3.63) is 12.0 Å². The molecule has 0 spiro atoms. The molecule has 0 rings (SSSR count). The molecule has 0 nitrogen and oxygen atoms in total. The molecule has 18 valence electrons. The zero-order valence-electron chi connectivity index (χ0n) is 2.60. The van der Waals surface area contributed by atoms with Crippen LogP contribution in [0, 0.1) is 6.58 Å². The van der Waals surface area contributed by atoms with E-state index in [4.69, 9.17) is 0 Å². The van der Waals surface area contributed by atoms with Crippen molar-refractivity contribution in [1.29, 1.82) is 0 Å². The largest absolute Gasteiger partial charge is 1.00 e. The summed E-state index contributed by atoms with van der Waals surface area (Å²) >= 11 is 3.44. The van der Waals surface area contributed by atoms with E-state index in [1.807, 2.05) is 0 Å². The van der Waals surface area contributed by atoms with Crippen LogP contribution in [0.5, 0.6) is 0 Å². The Morgan fingerprint density at radius 1 is 1.75 bits per heavy atom. The van der Waals surface area contributed by atoms with Crippen LogP contribution in [0.25, 0.3) is 0 Å². The van der Waals surface area contributed by atoms with E-state index >= 15 is 0 Å². The van der Waals surface area contributed by atoms with E-state index in [9.17, 15) is 0 Å². The Balaban J connectivity index is 0. The Hall–Kier alpha value is 0.687. The van der Waals surface area contributed by atoms with Gasteiger partial charge in [-0.2, -0.15) is 12.6 Å². The smallest absolute Gasteiger partial charge is 0.507 e. The molecular weight excluding hydrogens is 63.0 g/mol. The summed E-state index contributed by atoms with van der Waals surface area (Å²) in [5.41, 5.74) is 0. The summed E-state index contributed by atoms with van der Waals surface area (Å²) < 4.78 is 0. The summed E-state index contributed by atoms with van der Waals surface area (Å²) in [6.07, 6.45) is 0. The van der Waals surface area contributed by atoms with Crippen LogP contribution in [0.3, 0.4) is 0 Å². The Kier molecular flexibility index (Phi) is 20.6. The summed E-state index contributed by atoms with van der Waals surface area (Å²) in [6.45, 7) is 4.59. The van der Waals surface area contributed by atoms with Crippen LogP contribution in [0.15, 0.2) is 5.41 Å². The molecule has 4 heavy (non-hydrogen) atoms. The van der Waals surface area contributed by atoms with Crippen molar-refractivity contribution in [2.45, 2.75) is 0 Å². The average Bonchev–Trinajstić information content (AvgIpc) is 0.918. The molecule has 2 heteroatoms. The minimum absolute atomic E-state index is 0. The third kappa shape index (κ3) is 16.2. The van der Waals surface area contributed by atoms with Crippen molar-refractivity contribution < 1.29 is 18.9 Å². The van der Waals surface area contributed by atoms with Crippen molar-refractivity contribution in [3.8, 4) is 0 Å². The molecule has 0 saturated carbocycles. The fourth-order valence-electron chi connectivity index (χ4n) is 0. The van der Waals surface area contributed by atoms with Crippen molar-refractivity contribution in [3.63, 3.8) is 0 Å². The summed E-state index contributed by atoms with van der Waals surface area (Å²) in [5, 5.41) is 1.19. The number of rotatable bonds is 0. The maximum absolute atomic E-state index is 4.59. The first-order valence-electron chi connectivity index (χ1n) is 0.592. The van der Waals surface area contributed by atoms with E-state index < -0.39 is 0 Å². The fourth-order valence-corrected chi connectivity index (χ4v) is 0. The van der Waals surface area contributed by atoms with Gasteiger partial charge in [-0.3, -0.25) is 0 Å². The minimum Gasteiger partial charge on any atom is -0.507 e. The molecule has 0 bridgehead atoms. The van der Waals surface area contributed by atoms with Crippen LogP contribution in [0.1, 0.15) is 0 Å². The van der Waals surface area contributed by atoms with Gasteiger partial charge in [-0.05, 0) is 0 Å². The van der Waals surface area contributed by atoms with Crippen LogP contribution in [-0.4, -0.2) is 0 Å². The number of hydrogen-bond acceptors (Lipinski definition) is 1. The molecule has 0 aromatic heterocycles. The molecular formula is C2H3LiS. The van der Waals surface area contributed by atoms with E-state index in [1.54, 1.807) is 0 Å². The summed E-state index contributed by atoms with van der Waals surface area (Å²) in [6, 6.07) is 0. The number of thiol groups is 1. The van der Waals surface area contributed by atoms with Gasteiger partial charge < -0.3 is 6.58 Å². The Morgan fingerprint density at radius 2 is 1.75 bits per heavy atom. The van der Waals surface area contributed by atoms with Crippen molar-refractivity contribution in [1.82, 2.24) is 0 Å². The number of hydrogen-bond donors (Lipinski definition) is 1. The summed E-state index contributed by atoms with van der Waals surface area (Å²) in [4.78, 5) is 0. The first-order chi connectivity index (χ1) is 1.41. The second-order valence-corrected chi connectivity index (χ2v) is 0.447. The first kappa shape index (κ1) is 8.82. The van der Waals surface area contributed by atoms with Crippen molar-refractivity contribution in [2.75, 3.05) is 0 Å². The third-order valence-corrected chi connectivity index (χ3v) is 0. The maximum atomic E-state index is 4.59. The van der Waals surface area contributed by atoms with Gasteiger partial charge >= 0.3 is 18.9 Å². The van der Waals surface area contributed by atoms with Crippen molar-refractivity contribution in [2.24, 2.45) is 0 Å². The van der Waals surface area contributed by atoms with Crippen LogP contribution in [-0.2, 0) is 0 Å². The SMILES string of the molecule is [CH-]=CS.[Li+]. The van der Waals surface area contributed by atoms with Gasteiger partial charge in [0.15, 0.2) is 0 Å². The zero-order valence-corrected chi connectivity index (χ0v) is 3.50. The van der Waals surface area contributed by atoms with Gasteiger partial charge in [-0.25, -0.2) is 5.41 Å². The molecule has 0 saturated heterocycles. The predicted molar refractivity (Wildman–Crippen MR) is 17.9 cm³/mol. The van der Waals surface area contributed by atoms with Crippen LogP contribution < -0.4 is 18.9 Å². The van der Waals surface area contributed by atoms with E-state index in [-0.39, 0.29) is 18.9 Å². The molecule has 0 N–H and O–H groups in total. The molecule has 0 aromatic carbocycles. The molecule has 0 fully saturated rings. The Bertz CT molecular complexity index is 13.5. The van der Waals surface area contributed by atoms with Gasteiger partial charge in [-0.15, -0.1) is 0 Å². The molecule has 0 aromatic rings. The zero-order chi connectivity index (χ0) is 2.71. The molecule has 0 atom stereocenters. The molecule has 0 heterocycles. The molecule has 0 amide bonds. The predicted octanol–water partition coefficient (Wildman–Crippen LogP) is -2.13. The minimum atomic E-state index is 0. The van der Waals surface area contributed by atoms with E-state index in [1.165, 1.54) is 5.41 Å². The second-order valence-electron chi connectivity index (χ2n) is 0.149. The molecule has 0 aliphatic rings. The first-order valence-corrected chi connectivity index (χ1v) is 1.11. The monoisotopic (exact) mass is 66.0 g/mol. The molecule has 0 unspecified atom stereocenters. The maximum Gasteiger partial charge on any atom is 1.00 e. The van der Waals surface area contributed by atoms with E-state index in [0.717, 1.165) is 0 Å². The quantitative estimate of drug-likeness (QED) is 0.186. The van der Waals surface area contributed by atoms with Gasteiger partial charge in [0.2, 0.25) is 0 Å². The van der Waals surface area contributed by atoms with E-state index in [0.29, 0.717) is 0 Å². The van der Waals surface area contributed by atoms with Crippen LogP contribution >= 0.6 is 12.6 Å². The average molecular weight is 66.1 g/mol. The van der Waals surface area contributed by atoms with Gasteiger partial charge in [0.25, 0.3) is 0 Å². The van der Waals surface area contributed by atoms with Crippen LogP contribution in [0.4, 0.5) is 0 Å². The normalized spacial score (nSPS) is 3.25. The summed E-state index contributed by atoms with van der Waals surface area (Å²) in [5.74, 6) is 0.